The number of esters is 1. The molecule has 0 spiro atoms. The van der Waals surface area contributed by atoms with Crippen LogP contribution in [-0.2, 0) is 20.8 Å². The lowest BCUT2D eigenvalue weighted by Gasteiger charge is -2.21. The predicted octanol–water partition coefficient (Wildman–Crippen LogP) is 2.16. The molecule has 16 heteroatoms. The number of tetrazole rings is 1. The zero-order valence-electron chi connectivity index (χ0n) is 24.9. The molecule has 4 atom stereocenters. The highest BCUT2D eigenvalue weighted by molar-refractivity contribution is 5.84. The van der Waals surface area contributed by atoms with Crippen LogP contribution in [0.3, 0.4) is 0 Å². The van der Waals surface area contributed by atoms with Crippen LogP contribution in [0.5, 0.6) is 0 Å². The van der Waals surface area contributed by atoms with Gasteiger partial charge in [-0.15, -0.1) is 10.2 Å². The van der Waals surface area contributed by atoms with E-state index in [1.807, 2.05) is 25.1 Å². The van der Waals surface area contributed by atoms with Crippen LogP contribution in [-0.4, -0.2) is 87.6 Å². The highest BCUT2D eigenvalue weighted by Crippen LogP contribution is 2.40. The van der Waals surface area contributed by atoms with E-state index in [1.165, 1.54) is 18.0 Å². The van der Waals surface area contributed by atoms with Crippen molar-refractivity contribution >= 4 is 34.7 Å². The van der Waals surface area contributed by atoms with Crippen LogP contribution in [0, 0.1) is 5.41 Å². The Morgan fingerprint density at radius 3 is 2.63 bits per heavy atom. The van der Waals surface area contributed by atoms with E-state index >= 15 is 0 Å². The highest BCUT2D eigenvalue weighted by atomic mass is 16.6. The second kappa shape index (κ2) is 12.8. The van der Waals surface area contributed by atoms with Crippen molar-refractivity contribution < 1.29 is 19.4 Å². The topological polar surface area (TPSA) is 192 Å². The van der Waals surface area contributed by atoms with Gasteiger partial charge in [0.25, 0.3) is 0 Å². The van der Waals surface area contributed by atoms with Crippen LogP contribution in [0.15, 0.2) is 30.7 Å². The zero-order chi connectivity index (χ0) is 30.6. The Kier molecular flexibility index (Phi) is 8.96. The van der Waals surface area contributed by atoms with Gasteiger partial charge in [-0.1, -0.05) is 26.8 Å². The quantitative estimate of drug-likeness (QED) is 0.138. The van der Waals surface area contributed by atoms with Gasteiger partial charge in [0.05, 0.1) is 12.9 Å². The smallest absolute Gasteiger partial charge is 0.303 e. The summed E-state index contributed by atoms with van der Waals surface area (Å²) in [6.45, 7) is 11.9. The maximum atomic E-state index is 12.1. The van der Waals surface area contributed by atoms with E-state index in [4.69, 9.17) is 19.4 Å². The minimum absolute atomic E-state index is 0.116. The molecule has 1 aliphatic heterocycles. The minimum Gasteiger partial charge on any atom is -0.455 e. The molecule has 230 valence electrons. The normalized spacial score (nSPS) is 20.3. The largest absolute Gasteiger partial charge is 0.455 e. The van der Waals surface area contributed by atoms with Gasteiger partial charge in [-0.05, 0) is 36.1 Å². The lowest BCUT2D eigenvalue weighted by Crippen LogP contribution is -2.33. The number of carbonyl (C=O) groups excluding carboxylic acids is 1. The van der Waals surface area contributed by atoms with Crippen molar-refractivity contribution in [2.75, 3.05) is 35.6 Å². The van der Waals surface area contributed by atoms with Crippen molar-refractivity contribution in [1.82, 2.24) is 44.7 Å². The van der Waals surface area contributed by atoms with Gasteiger partial charge in [-0.2, -0.15) is 14.8 Å². The van der Waals surface area contributed by atoms with Crippen molar-refractivity contribution in [3.05, 3.63) is 36.5 Å². The Morgan fingerprint density at radius 2 is 1.93 bits per heavy atom. The van der Waals surface area contributed by atoms with E-state index < -0.39 is 30.5 Å². The Bertz CT molecular complexity index is 1520. The summed E-state index contributed by atoms with van der Waals surface area (Å²) in [4.78, 5) is 31.7. The number of nitrogens with zero attached hydrogens (tertiary/aromatic N) is 9. The molecule has 0 aromatic carbocycles. The number of hydrogen-bond donors (Lipinski definition) is 4. The number of aliphatic hydroxyl groups is 1. The van der Waals surface area contributed by atoms with Gasteiger partial charge in [-0.3, -0.25) is 9.36 Å². The van der Waals surface area contributed by atoms with Crippen molar-refractivity contribution in [1.29, 1.82) is 0 Å². The average molecular weight is 595 g/mol. The Labute approximate surface area is 248 Å². The molecule has 1 aliphatic rings. The average Bonchev–Trinajstić information content (AvgIpc) is 3.69. The van der Waals surface area contributed by atoms with E-state index in [0.717, 1.165) is 12.2 Å². The van der Waals surface area contributed by atoms with E-state index in [1.54, 1.807) is 10.8 Å². The molecule has 4 N–H and O–H groups in total. The van der Waals surface area contributed by atoms with Crippen molar-refractivity contribution in [2.45, 2.75) is 72.1 Å². The standard InChI is InChI=1S/C27H38N12O4/c1-6-39-36-23(35-37-39)20-19(41)21(42-16(2)40)25(43-20)38-15-32-18-22(30-12-10-27(3,4)5)33-26(34-24(18)38)31-14-13-29-17-9-7-8-11-28-17/h7-9,11,15,19-21,25,41H,6,10,12-14H2,1-5H3,(H,28,29)(H2,30,31,33,34)/t19-,20+,21-,25-/m1/s1. The molecule has 0 saturated carbocycles. The second-order valence-corrected chi connectivity index (χ2v) is 11.4. The van der Waals surface area contributed by atoms with Crippen molar-refractivity contribution in [3.63, 3.8) is 0 Å². The van der Waals surface area contributed by atoms with Crippen LogP contribution in [0.2, 0.25) is 0 Å². The van der Waals surface area contributed by atoms with Gasteiger partial charge in [0.1, 0.15) is 11.9 Å². The summed E-state index contributed by atoms with van der Waals surface area (Å²) in [5.74, 6) is 1.27. The number of anilines is 3. The fourth-order valence-corrected chi connectivity index (χ4v) is 4.60. The molecular formula is C27H38N12O4. The van der Waals surface area contributed by atoms with Gasteiger partial charge < -0.3 is 30.5 Å². The van der Waals surface area contributed by atoms with Crippen LogP contribution in [0.4, 0.5) is 17.6 Å². The Hall–Kier alpha value is -4.44. The first-order chi connectivity index (χ1) is 20.6. The summed E-state index contributed by atoms with van der Waals surface area (Å²) in [5, 5.41) is 33.4. The summed E-state index contributed by atoms with van der Waals surface area (Å²) in [5.41, 5.74) is 1.04. The SMILES string of the molecule is CCn1nnc([C@H]2O[C@@H](n3cnc4c(NCCC(C)(C)C)nc(NCCNc5ccccn5)nc43)[C@H](OC(C)=O)[C@@H]2O)n1. The number of aliphatic hydroxyl groups excluding tert-OH is 1. The molecule has 0 unspecified atom stereocenters. The van der Waals surface area contributed by atoms with Crippen LogP contribution < -0.4 is 16.0 Å². The number of aryl methyl sites for hydroxylation is 1. The first-order valence-electron chi connectivity index (χ1n) is 14.3. The molecule has 5 rings (SSSR count). The van der Waals surface area contributed by atoms with Gasteiger partial charge in [0.15, 0.2) is 35.4 Å². The third-order valence-corrected chi connectivity index (χ3v) is 6.76. The molecule has 4 aromatic heterocycles. The summed E-state index contributed by atoms with van der Waals surface area (Å²) in [7, 11) is 0. The maximum Gasteiger partial charge on any atom is 0.303 e. The monoisotopic (exact) mass is 594 g/mol. The number of rotatable bonds is 12. The van der Waals surface area contributed by atoms with E-state index in [2.05, 4.69) is 62.1 Å². The third-order valence-electron chi connectivity index (χ3n) is 6.76. The molecule has 1 saturated heterocycles. The van der Waals surface area contributed by atoms with Gasteiger partial charge in [-0.25, -0.2) is 9.97 Å². The molecule has 0 aliphatic carbocycles. The van der Waals surface area contributed by atoms with Crippen LogP contribution in [0.1, 0.15) is 59.2 Å². The lowest BCUT2D eigenvalue weighted by molar-refractivity contribution is -0.155. The first-order valence-corrected chi connectivity index (χ1v) is 14.3. The highest BCUT2D eigenvalue weighted by Gasteiger charge is 2.50. The first kappa shape index (κ1) is 30.0. The second-order valence-electron chi connectivity index (χ2n) is 11.4. The molecule has 0 bridgehead atoms. The maximum absolute atomic E-state index is 12.1. The van der Waals surface area contributed by atoms with E-state index in [9.17, 15) is 9.90 Å². The number of ether oxygens (including phenoxy) is 2. The van der Waals surface area contributed by atoms with Gasteiger partial charge in [0.2, 0.25) is 11.8 Å². The predicted molar refractivity (Wildman–Crippen MR) is 157 cm³/mol. The van der Waals surface area contributed by atoms with Crippen LogP contribution in [0.25, 0.3) is 11.2 Å². The molecule has 5 heterocycles. The lowest BCUT2D eigenvalue weighted by atomic mass is 9.92. The van der Waals surface area contributed by atoms with Crippen LogP contribution >= 0.6 is 0 Å². The molecule has 43 heavy (non-hydrogen) atoms. The zero-order valence-corrected chi connectivity index (χ0v) is 24.9. The molecular weight excluding hydrogens is 556 g/mol. The molecule has 1 fully saturated rings. The number of fused-ring (bicyclic) bond motifs is 1. The van der Waals surface area contributed by atoms with Gasteiger partial charge in [0, 0.05) is 32.8 Å². The number of hydrogen-bond acceptors (Lipinski definition) is 14. The van der Waals surface area contributed by atoms with E-state index in [0.29, 0.717) is 49.1 Å². The minimum atomic E-state index is -1.26. The summed E-state index contributed by atoms with van der Waals surface area (Å²) in [6, 6.07) is 5.66. The molecule has 16 nitrogen and oxygen atoms in total. The number of imidazole rings is 1. The molecule has 4 aromatic rings. The fourth-order valence-electron chi connectivity index (χ4n) is 4.60. The van der Waals surface area contributed by atoms with Gasteiger partial charge >= 0.3 is 5.97 Å². The summed E-state index contributed by atoms with van der Waals surface area (Å²) >= 11 is 0. The fraction of sp³-hybridized carbons (Fsp3) is 0.556. The van der Waals surface area contributed by atoms with Crippen molar-refractivity contribution in [3.8, 4) is 0 Å². The summed E-state index contributed by atoms with van der Waals surface area (Å²) < 4.78 is 13.4. The Balaban J connectivity index is 1.44. The van der Waals surface area contributed by atoms with E-state index in [-0.39, 0.29) is 11.2 Å². The molecule has 0 radical (unpaired) electrons. The summed E-state index contributed by atoms with van der Waals surface area (Å²) in [6.07, 6.45) is -0.154. The number of pyridine rings is 1. The molecule has 0 amide bonds. The number of nitrogens with one attached hydrogen (secondary N) is 3. The number of aromatic nitrogens is 9. The Morgan fingerprint density at radius 1 is 1.12 bits per heavy atom. The van der Waals surface area contributed by atoms with Crippen molar-refractivity contribution in [2.24, 2.45) is 5.41 Å². The number of carbonyl (C=O) groups is 1. The third kappa shape index (κ3) is 7.14.